The van der Waals surface area contributed by atoms with Crippen molar-refractivity contribution < 1.29 is 14.3 Å². The zero-order valence-electron chi connectivity index (χ0n) is 9.32. The van der Waals surface area contributed by atoms with Gasteiger partial charge in [0, 0.05) is 12.0 Å². The minimum absolute atomic E-state index is 0.0540. The third-order valence-electron chi connectivity index (χ3n) is 2.77. The predicted octanol–water partition coefficient (Wildman–Crippen LogP) is -0.328. The Balaban J connectivity index is 1.70. The van der Waals surface area contributed by atoms with Crippen LogP contribution in [0.25, 0.3) is 0 Å². The standard InChI is InChI=1S/C10H16N2O3S/c1-10(5-15-6-10)4-11-8(13)2-12-7-16-3-9(12)14/h2-7H2,1H3,(H,11,13). The number of rotatable bonds is 4. The Hall–Kier alpha value is -0.750. The van der Waals surface area contributed by atoms with Crippen molar-refractivity contribution in [2.75, 3.05) is 37.9 Å². The summed E-state index contributed by atoms with van der Waals surface area (Å²) in [4.78, 5) is 24.4. The van der Waals surface area contributed by atoms with Crippen molar-refractivity contribution in [3.8, 4) is 0 Å². The van der Waals surface area contributed by atoms with Crippen molar-refractivity contribution in [1.82, 2.24) is 10.2 Å². The SMILES string of the molecule is CC1(CNC(=O)CN2CSCC2=O)COC1. The average molecular weight is 244 g/mol. The van der Waals surface area contributed by atoms with Gasteiger partial charge < -0.3 is 15.0 Å². The van der Waals surface area contributed by atoms with E-state index in [1.165, 1.54) is 0 Å². The summed E-state index contributed by atoms with van der Waals surface area (Å²) in [5.41, 5.74) is 0.0828. The van der Waals surface area contributed by atoms with E-state index in [0.29, 0.717) is 31.4 Å². The molecule has 90 valence electrons. The molecule has 2 saturated heterocycles. The lowest BCUT2D eigenvalue weighted by Crippen LogP contribution is -2.50. The summed E-state index contributed by atoms with van der Waals surface area (Å²) in [6.07, 6.45) is 0. The number of carbonyl (C=O) groups is 2. The van der Waals surface area contributed by atoms with Gasteiger partial charge in [-0.25, -0.2) is 0 Å². The minimum atomic E-state index is -0.0797. The van der Waals surface area contributed by atoms with Gasteiger partial charge >= 0.3 is 0 Å². The number of nitrogens with zero attached hydrogens (tertiary/aromatic N) is 1. The maximum absolute atomic E-state index is 11.6. The zero-order valence-corrected chi connectivity index (χ0v) is 10.1. The van der Waals surface area contributed by atoms with Gasteiger partial charge in [-0.05, 0) is 0 Å². The average Bonchev–Trinajstić information content (AvgIpc) is 2.59. The van der Waals surface area contributed by atoms with E-state index in [2.05, 4.69) is 12.2 Å². The second kappa shape index (κ2) is 4.63. The van der Waals surface area contributed by atoms with Gasteiger partial charge in [0.25, 0.3) is 0 Å². The van der Waals surface area contributed by atoms with Crippen molar-refractivity contribution in [3.63, 3.8) is 0 Å². The molecule has 2 fully saturated rings. The molecule has 0 unspecified atom stereocenters. The molecule has 2 aliphatic rings. The van der Waals surface area contributed by atoms with Gasteiger partial charge in [0.1, 0.15) is 6.54 Å². The zero-order chi connectivity index (χ0) is 11.6. The first kappa shape index (κ1) is 11.7. The highest BCUT2D eigenvalue weighted by molar-refractivity contribution is 8.00. The van der Waals surface area contributed by atoms with E-state index in [1.54, 1.807) is 16.7 Å². The topological polar surface area (TPSA) is 58.6 Å². The lowest BCUT2D eigenvalue weighted by molar-refractivity contribution is -0.134. The molecule has 0 aliphatic carbocycles. The van der Waals surface area contributed by atoms with Gasteiger partial charge in [0.15, 0.2) is 0 Å². The summed E-state index contributed by atoms with van der Waals surface area (Å²) >= 11 is 1.55. The third kappa shape index (κ3) is 2.68. The smallest absolute Gasteiger partial charge is 0.239 e. The Morgan fingerprint density at radius 3 is 2.88 bits per heavy atom. The van der Waals surface area contributed by atoms with Crippen LogP contribution in [-0.2, 0) is 14.3 Å². The van der Waals surface area contributed by atoms with Crippen molar-refractivity contribution >= 4 is 23.6 Å². The molecule has 2 amide bonds. The van der Waals surface area contributed by atoms with Crippen LogP contribution in [0.4, 0.5) is 0 Å². The molecule has 1 N–H and O–H groups in total. The minimum Gasteiger partial charge on any atom is -0.380 e. The van der Waals surface area contributed by atoms with Gasteiger partial charge in [0.2, 0.25) is 11.8 Å². The number of nitrogens with one attached hydrogen (secondary N) is 1. The van der Waals surface area contributed by atoms with E-state index in [0.717, 1.165) is 0 Å². The van der Waals surface area contributed by atoms with Crippen LogP contribution in [0.5, 0.6) is 0 Å². The van der Waals surface area contributed by atoms with Crippen LogP contribution >= 0.6 is 11.8 Å². The highest BCUT2D eigenvalue weighted by atomic mass is 32.2. The molecule has 0 bridgehead atoms. The van der Waals surface area contributed by atoms with Crippen molar-refractivity contribution in [2.24, 2.45) is 5.41 Å². The number of carbonyl (C=O) groups excluding carboxylic acids is 2. The highest BCUT2D eigenvalue weighted by Crippen LogP contribution is 2.25. The second-order valence-electron chi connectivity index (χ2n) is 4.65. The third-order valence-corrected chi connectivity index (χ3v) is 3.72. The van der Waals surface area contributed by atoms with E-state index >= 15 is 0 Å². The summed E-state index contributed by atoms with van der Waals surface area (Å²) in [6, 6.07) is 0. The monoisotopic (exact) mass is 244 g/mol. The van der Waals surface area contributed by atoms with Gasteiger partial charge in [-0.15, -0.1) is 11.8 Å². The molecule has 0 atom stereocenters. The molecule has 2 rings (SSSR count). The summed E-state index contributed by atoms with van der Waals surface area (Å²) < 4.78 is 5.10. The molecule has 16 heavy (non-hydrogen) atoms. The fraction of sp³-hybridized carbons (Fsp3) is 0.800. The summed E-state index contributed by atoms with van der Waals surface area (Å²) in [5, 5.41) is 2.85. The van der Waals surface area contributed by atoms with Crippen molar-refractivity contribution in [2.45, 2.75) is 6.92 Å². The number of ether oxygens (including phenoxy) is 1. The van der Waals surface area contributed by atoms with E-state index in [1.807, 2.05) is 0 Å². The van der Waals surface area contributed by atoms with Gasteiger partial charge in [-0.2, -0.15) is 0 Å². The predicted molar refractivity (Wildman–Crippen MR) is 61.0 cm³/mol. The van der Waals surface area contributed by atoms with Crippen LogP contribution in [0.1, 0.15) is 6.92 Å². The van der Waals surface area contributed by atoms with Crippen LogP contribution in [0.15, 0.2) is 0 Å². The molecule has 0 aromatic rings. The van der Waals surface area contributed by atoms with Gasteiger partial charge in [0.05, 0.1) is 24.8 Å². The lowest BCUT2D eigenvalue weighted by Gasteiger charge is -2.38. The maximum atomic E-state index is 11.6. The Morgan fingerprint density at radius 1 is 1.62 bits per heavy atom. The number of hydrogen-bond donors (Lipinski definition) is 1. The number of amides is 2. The molecule has 0 radical (unpaired) electrons. The fourth-order valence-electron chi connectivity index (χ4n) is 1.63. The van der Waals surface area contributed by atoms with E-state index in [9.17, 15) is 9.59 Å². The first-order valence-corrected chi connectivity index (χ1v) is 6.45. The molecule has 0 aromatic carbocycles. The Morgan fingerprint density at radius 2 is 2.38 bits per heavy atom. The molecule has 0 saturated carbocycles. The van der Waals surface area contributed by atoms with E-state index < -0.39 is 0 Å². The van der Waals surface area contributed by atoms with Crippen LogP contribution in [-0.4, -0.2) is 54.6 Å². The maximum Gasteiger partial charge on any atom is 0.239 e. The van der Waals surface area contributed by atoms with Crippen molar-refractivity contribution in [1.29, 1.82) is 0 Å². The van der Waals surface area contributed by atoms with Crippen LogP contribution in [0.2, 0.25) is 0 Å². The fourth-order valence-corrected chi connectivity index (χ4v) is 2.54. The van der Waals surface area contributed by atoms with Crippen LogP contribution < -0.4 is 5.32 Å². The van der Waals surface area contributed by atoms with E-state index in [4.69, 9.17) is 4.74 Å². The molecular weight excluding hydrogens is 228 g/mol. The molecular formula is C10H16N2O3S. The molecule has 2 heterocycles. The molecule has 6 heteroatoms. The van der Waals surface area contributed by atoms with Crippen molar-refractivity contribution in [3.05, 3.63) is 0 Å². The lowest BCUT2D eigenvalue weighted by atomic mass is 9.89. The normalized spacial score (nSPS) is 23.1. The first-order chi connectivity index (χ1) is 7.59. The van der Waals surface area contributed by atoms with Gasteiger partial charge in [-0.1, -0.05) is 6.92 Å². The van der Waals surface area contributed by atoms with Gasteiger partial charge in [-0.3, -0.25) is 9.59 Å². The second-order valence-corrected chi connectivity index (χ2v) is 5.60. The Kier molecular flexibility index (Phi) is 3.39. The van der Waals surface area contributed by atoms with Crippen LogP contribution in [0, 0.1) is 5.41 Å². The first-order valence-electron chi connectivity index (χ1n) is 5.29. The summed E-state index contributed by atoms with van der Waals surface area (Å²) in [6.45, 7) is 4.29. The Bertz CT molecular complexity index is 304. The van der Waals surface area contributed by atoms with E-state index in [-0.39, 0.29) is 23.8 Å². The van der Waals surface area contributed by atoms with Crippen LogP contribution in [0.3, 0.4) is 0 Å². The molecule has 0 aromatic heterocycles. The molecule has 5 nitrogen and oxygen atoms in total. The molecule has 2 aliphatic heterocycles. The Labute approximate surface area is 98.9 Å². The summed E-state index contributed by atoms with van der Waals surface area (Å²) in [5.74, 6) is 1.10. The largest absolute Gasteiger partial charge is 0.380 e. The highest BCUT2D eigenvalue weighted by Gasteiger charge is 2.33. The number of thioether (sulfide) groups is 1. The number of hydrogen-bond acceptors (Lipinski definition) is 4. The summed E-state index contributed by atoms with van der Waals surface area (Å²) in [7, 11) is 0. The quantitative estimate of drug-likeness (QED) is 0.736. The molecule has 0 spiro atoms.